The van der Waals surface area contributed by atoms with E-state index in [2.05, 4.69) is 9.97 Å². The van der Waals surface area contributed by atoms with Crippen molar-refractivity contribution < 1.29 is 17.6 Å². The molecule has 0 saturated heterocycles. The second kappa shape index (κ2) is 5.98. The second-order valence-corrected chi connectivity index (χ2v) is 7.73. The van der Waals surface area contributed by atoms with Gasteiger partial charge in [-0.25, -0.2) is 13.4 Å². The van der Waals surface area contributed by atoms with Crippen molar-refractivity contribution in [3.63, 3.8) is 0 Å². The highest BCUT2D eigenvalue weighted by atomic mass is 32.2. The third-order valence-corrected chi connectivity index (χ3v) is 6.40. The summed E-state index contributed by atoms with van der Waals surface area (Å²) in [4.78, 5) is 18.5. The summed E-state index contributed by atoms with van der Waals surface area (Å²) in [5, 5.41) is 0. The smallest absolute Gasteiger partial charge is 0.220 e. The maximum absolute atomic E-state index is 14.0. The molecule has 0 spiro atoms. The molecule has 23 heavy (non-hydrogen) atoms. The zero-order chi connectivity index (χ0) is 16.4. The standard InChI is InChI=1S/C15H9FN2O3S2/c16-14-12(4-2-6-18-14)13-7-10(9-19)22-15(13)23(20,21)11-3-1-5-17-8-11/h1-9H. The topological polar surface area (TPSA) is 77.0 Å². The second-order valence-electron chi connectivity index (χ2n) is 4.50. The molecule has 0 bridgehead atoms. The van der Waals surface area contributed by atoms with Crippen LogP contribution < -0.4 is 0 Å². The van der Waals surface area contributed by atoms with E-state index in [1.807, 2.05) is 0 Å². The van der Waals surface area contributed by atoms with Crippen LogP contribution in [0.1, 0.15) is 9.67 Å². The van der Waals surface area contributed by atoms with Crippen molar-refractivity contribution in [3.8, 4) is 11.1 Å². The van der Waals surface area contributed by atoms with Gasteiger partial charge in [0.15, 0.2) is 6.29 Å². The third kappa shape index (κ3) is 2.78. The number of aldehydes is 1. The van der Waals surface area contributed by atoms with Crippen molar-refractivity contribution in [1.82, 2.24) is 9.97 Å². The summed E-state index contributed by atoms with van der Waals surface area (Å²) in [6, 6.07) is 7.15. The number of pyridine rings is 2. The van der Waals surface area contributed by atoms with Crippen molar-refractivity contribution in [2.75, 3.05) is 0 Å². The van der Waals surface area contributed by atoms with E-state index in [4.69, 9.17) is 0 Å². The number of hydrogen-bond acceptors (Lipinski definition) is 6. The summed E-state index contributed by atoms with van der Waals surface area (Å²) >= 11 is 0.787. The Kier molecular flexibility index (Phi) is 4.01. The molecule has 0 aliphatic rings. The van der Waals surface area contributed by atoms with Crippen LogP contribution in [0.25, 0.3) is 11.1 Å². The van der Waals surface area contributed by atoms with E-state index >= 15 is 0 Å². The van der Waals surface area contributed by atoms with Crippen molar-refractivity contribution in [2.45, 2.75) is 9.10 Å². The number of carbonyl (C=O) groups is 1. The summed E-state index contributed by atoms with van der Waals surface area (Å²) in [5.74, 6) is -0.801. The normalized spacial score (nSPS) is 11.3. The van der Waals surface area contributed by atoms with E-state index in [-0.39, 0.29) is 25.1 Å². The Morgan fingerprint density at radius 2 is 1.91 bits per heavy atom. The van der Waals surface area contributed by atoms with Crippen molar-refractivity contribution >= 4 is 27.5 Å². The van der Waals surface area contributed by atoms with Gasteiger partial charge in [0.25, 0.3) is 0 Å². The van der Waals surface area contributed by atoms with Gasteiger partial charge in [-0.05, 0) is 30.3 Å². The lowest BCUT2D eigenvalue weighted by Gasteiger charge is -2.06. The molecule has 0 aromatic carbocycles. The predicted octanol–water partition coefficient (Wildman–Crippen LogP) is 2.99. The molecule has 3 aromatic rings. The number of hydrogen-bond donors (Lipinski definition) is 0. The Labute approximate surface area is 135 Å². The third-order valence-electron chi connectivity index (χ3n) is 3.07. The van der Waals surface area contributed by atoms with Crippen molar-refractivity contribution in [1.29, 1.82) is 0 Å². The van der Waals surface area contributed by atoms with Gasteiger partial charge in [-0.15, -0.1) is 11.3 Å². The van der Waals surface area contributed by atoms with Crippen LogP contribution >= 0.6 is 11.3 Å². The number of rotatable bonds is 4. The van der Waals surface area contributed by atoms with Crippen molar-refractivity contribution in [3.05, 3.63) is 59.7 Å². The van der Waals surface area contributed by atoms with Crippen LogP contribution in [0.15, 0.2) is 58.0 Å². The number of nitrogens with zero attached hydrogens (tertiary/aromatic N) is 2. The van der Waals surface area contributed by atoms with Gasteiger partial charge in [0.2, 0.25) is 15.8 Å². The van der Waals surface area contributed by atoms with Gasteiger partial charge in [-0.2, -0.15) is 4.39 Å². The summed E-state index contributed by atoms with van der Waals surface area (Å²) in [6.45, 7) is 0. The van der Waals surface area contributed by atoms with E-state index in [0.717, 1.165) is 11.3 Å². The molecule has 0 aliphatic heterocycles. The van der Waals surface area contributed by atoms with Crippen LogP contribution in [0.4, 0.5) is 4.39 Å². The first-order valence-electron chi connectivity index (χ1n) is 6.39. The molecule has 0 aliphatic carbocycles. The first kappa shape index (κ1) is 15.4. The zero-order valence-corrected chi connectivity index (χ0v) is 13.1. The molecular formula is C15H9FN2O3S2. The average molecular weight is 348 g/mol. The number of thiophene rings is 1. The maximum atomic E-state index is 14.0. The molecule has 8 heteroatoms. The first-order chi connectivity index (χ1) is 11.0. The fourth-order valence-corrected chi connectivity index (χ4v) is 4.90. The quantitative estimate of drug-likeness (QED) is 0.535. The fourth-order valence-electron chi connectivity index (χ4n) is 2.04. The molecule has 0 radical (unpaired) electrons. The lowest BCUT2D eigenvalue weighted by atomic mass is 10.1. The van der Waals surface area contributed by atoms with Gasteiger partial charge in [0, 0.05) is 29.7 Å². The molecule has 0 amide bonds. The van der Waals surface area contributed by atoms with E-state index in [9.17, 15) is 17.6 Å². The minimum absolute atomic E-state index is 0.0233. The minimum atomic E-state index is -3.92. The van der Waals surface area contributed by atoms with Gasteiger partial charge in [0.05, 0.1) is 9.77 Å². The lowest BCUT2D eigenvalue weighted by molar-refractivity contribution is 0.112. The van der Waals surface area contributed by atoms with E-state index < -0.39 is 15.8 Å². The van der Waals surface area contributed by atoms with Crippen LogP contribution in [0, 0.1) is 5.95 Å². The van der Waals surface area contributed by atoms with Gasteiger partial charge >= 0.3 is 0 Å². The minimum Gasteiger partial charge on any atom is -0.297 e. The summed E-state index contributed by atoms with van der Waals surface area (Å²) in [5.41, 5.74) is 0.144. The van der Waals surface area contributed by atoms with Crippen LogP contribution in [0.5, 0.6) is 0 Å². The molecule has 0 N–H and O–H groups in total. The first-order valence-corrected chi connectivity index (χ1v) is 8.69. The SMILES string of the molecule is O=Cc1cc(-c2cccnc2F)c(S(=O)(=O)c2cccnc2)s1. The van der Waals surface area contributed by atoms with E-state index in [0.29, 0.717) is 6.29 Å². The highest BCUT2D eigenvalue weighted by Crippen LogP contribution is 2.38. The molecular weight excluding hydrogens is 339 g/mol. The van der Waals surface area contributed by atoms with Crippen molar-refractivity contribution in [2.24, 2.45) is 0 Å². The molecule has 116 valence electrons. The lowest BCUT2D eigenvalue weighted by Crippen LogP contribution is -2.02. The molecule has 0 atom stereocenters. The number of sulfone groups is 1. The molecule has 0 saturated carbocycles. The van der Waals surface area contributed by atoms with Gasteiger partial charge in [-0.1, -0.05) is 0 Å². The highest BCUT2D eigenvalue weighted by Gasteiger charge is 2.27. The largest absolute Gasteiger partial charge is 0.297 e. The highest BCUT2D eigenvalue weighted by molar-refractivity contribution is 7.93. The monoisotopic (exact) mass is 348 g/mol. The Hall–Kier alpha value is -2.45. The Bertz CT molecular complexity index is 969. The van der Waals surface area contributed by atoms with Crippen LogP contribution in [-0.2, 0) is 9.84 Å². The molecule has 0 unspecified atom stereocenters. The number of carbonyl (C=O) groups excluding carboxylic acids is 1. The molecule has 3 aromatic heterocycles. The van der Waals surface area contributed by atoms with E-state index in [1.54, 1.807) is 0 Å². The molecule has 5 nitrogen and oxygen atoms in total. The Morgan fingerprint density at radius 3 is 2.57 bits per heavy atom. The number of aromatic nitrogens is 2. The van der Waals surface area contributed by atoms with Gasteiger partial charge in [0.1, 0.15) is 4.21 Å². The predicted molar refractivity (Wildman–Crippen MR) is 82.6 cm³/mol. The Balaban J connectivity index is 2.27. The van der Waals surface area contributed by atoms with Crippen LogP contribution in [0.3, 0.4) is 0 Å². The maximum Gasteiger partial charge on any atom is 0.220 e. The molecule has 0 fully saturated rings. The molecule has 3 heterocycles. The van der Waals surface area contributed by atoms with Gasteiger partial charge < -0.3 is 0 Å². The summed E-state index contributed by atoms with van der Waals surface area (Å²) in [6.07, 6.45) is 4.46. The van der Waals surface area contributed by atoms with Gasteiger partial charge in [-0.3, -0.25) is 9.78 Å². The van der Waals surface area contributed by atoms with E-state index in [1.165, 1.54) is 48.9 Å². The fraction of sp³-hybridized carbons (Fsp3) is 0. The summed E-state index contributed by atoms with van der Waals surface area (Å²) in [7, 11) is -3.92. The Morgan fingerprint density at radius 1 is 1.13 bits per heavy atom. The number of halogens is 1. The average Bonchev–Trinajstić information content (AvgIpc) is 3.01. The summed E-state index contributed by atoms with van der Waals surface area (Å²) < 4.78 is 39.4. The van der Waals surface area contributed by atoms with Crippen LogP contribution in [-0.4, -0.2) is 24.7 Å². The zero-order valence-electron chi connectivity index (χ0n) is 11.5. The molecule has 3 rings (SSSR count). The van der Waals surface area contributed by atoms with Crippen LogP contribution in [0.2, 0.25) is 0 Å².